The van der Waals surface area contributed by atoms with Crippen LogP contribution in [0, 0.1) is 6.92 Å². The second kappa shape index (κ2) is 7.73. The van der Waals surface area contributed by atoms with Gasteiger partial charge >= 0.3 is 0 Å². The average molecular weight is 385 g/mol. The number of likely N-dealkylation sites (tertiary alicyclic amines) is 1. The number of aryl methyl sites for hydroxylation is 1. The van der Waals surface area contributed by atoms with Crippen LogP contribution in [0.5, 0.6) is 0 Å². The van der Waals surface area contributed by atoms with Gasteiger partial charge in [0.1, 0.15) is 5.54 Å². The van der Waals surface area contributed by atoms with Gasteiger partial charge in [0.05, 0.1) is 6.42 Å². The maximum Gasteiger partial charge on any atom is 0.248 e. The maximum absolute atomic E-state index is 13.0. The van der Waals surface area contributed by atoms with Crippen molar-refractivity contribution in [2.75, 3.05) is 13.6 Å². The zero-order chi connectivity index (χ0) is 19.6. The second-order valence-electron chi connectivity index (χ2n) is 7.52. The number of carbonyl (C=O) groups excluding carboxylic acids is 2. The summed E-state index contributed by atoms with van der Waals surface area (Å²) in [6, 6.07) is 15.4. The first-order chi connectivity index (χ1) is 12.8. The summed E-state index contributed by atoms with van der Waals surface area (Å²) in [6.45, 7) is 5.00. The SMILES string of the molecule is Cc1cccc(CC(=O)N2CCC2(C)C(=O)N(C)Cc2ccc(Cl)cc2)c1. The van der Waals surface area contributed by atoms with Crippen LogP contribution in [0.15, 0.2) is 48.5 Å². The van der Waals surface area contributed by atoms with Gasteiger partial charge in [-0.3, -0.25) is 9.59 Å². The van der Waals surface area contributed by atoms with Crippen molar-refractivity contribution >= 4 is 23.4 Å². The Bertz CT molecular complexity index is 850. The summed E-state index contributed by atoms with van der Waals surface area (Å²) in [5, 5.41) is 0.673. The van der Waals surface area contributed by atoms with Gasteiger partial charge in [-0.15, -0.1) is 0 Å². The van der Waals surface area contributed by atoms with Crippen LogP contribution in [0.3, 0.4) is 0 Å². The molecule has 0 saturated carbocycles. The fourth-order valence-corrected chi connectivity index (χ4v) is 3.75. The molecule has 1 heterocycles. The van der Waals surface area contributed by atoms with Crippen LogP contribution in [0.4, 0.5) is 0 Å². The molecule has 1 atom stereocenters. The Morgan fingerprint density at radius 3 is 2.44 bits per heavy atom. The number of likely N-dealkylation sites (N-methyl/N-ethyl adjacent to an activating group) is 1. The van der Waals surface area contributed by atoms with Crippen LogP contribution in [0.1, 0.15) is 30.0 Å². The number of benzene rings is 2. The molecule has 0 aromatic heterocycles. The predicted octanol–water partition coefficient (Wildman–Crippen LogP) is 3.84. The van der Waals surface area contributed by atoms with Crippen molar-refractivity contribution in [3.8, 4) is 0 Å². The highest BCUT2D eigenvalue weighted by Crippen LogP contribution is 2.33. The van der Waals surface area contributed by atoms with E-state index in [4.69, 9.17) is 11.6 Å². The van der Waals surface area contributed by atoms with Gasteiger partial charge in [-0.05, 0) is 43.5 Å². The molecule has 0 spiro atoms. The molecule has 1 fully saturated rings. The lowest BCUT2D eigenvalue weighted by Crippen LogP contribution is -2.67. The van der Waals surface area contributed by atoms with Gasteiger partial charge < -0.3 is 9.80 Å². The molecule has 0 aliphatic carbocycles. The Kier molecular flexibility index (Phi) is 5.56. The van der Waals surface area contributed by atoms with Gasteiger partial charge in [0, 0.05) is 25.2 Å². The molecule has 1 unspecified atom stereocenters. The first-order valence-corrected chi connectivity index (χ1v) is 9.53. The molecule has 2 amide bonds. The summed E-state index contributed by atoms with van der Waals surface area (Å²) in [5.74, 6) is -0.0242. The van der Waals surface area contributed by atoms with Crippen molar-refractivity contribution in [3.05, 3.63) is 70.2 Å². The van der Waals surface area contributed by atoms with Gasteiger partial charge in [0.15, 0.2) is 0 Å². The Morgan fingerprint density at radius 2 is 1.85 bits per heavy atom. The lowest BCUT2D eigenvalue weighted by Gasteiger charge is -2.50. The molecule has 0 N–H and O–H groups in total. The molecule has 142 valence electrons. The highest BCUT2D eigenvalue weighted by Gasteiger charge is 2.50. The average Bonchev–Trinajstić information content (AvgIpc) is 2.61. The van der Waals surface area contributed by atoms with E-state index in [1.807, 2.05) is 62.4 Å². The Balaban J connectivity index is 1.66. The summed E-state index contributed by atoms with van der Waals surface area (Å²) < 4.78 is 0. The zero-order valence-corrected chi connectivity index (χ0v) is 16.8. The summed E-state index contributed by atoms with van der Waals surface area (Å²) in [7, 11) is 1.78. The first-order valence-electron chi connectivity index (χ1n) is 9.15. The van der Waals surface area contributed by atoms with Crippen molar-refractivity contribution < 1.29 is 9.59 Å². The van der Waals surface area contributed by atoms with E-state index in [1.54, 1.807) is 16.8 Å². The normalized spacial score (nSPS) is 18.7. The molecular weight excluding hydrogens is 360 g/mol. The third-order valence-electron chi connectivity index (χ3n) is 5.30. The van der Waals surface area contributed by atoms with Crippen molar-refractivity contribution in [3.63, 3.8) is 0 Å². The lowest BCUT2D eigenvalue weighted by atomic mass is 9.84. The van der Waals surface area contributed by atoms with E-state index in [0.29, 0.717) is 31.0 Å². The van der Waals surface area contributed by atoms with Crippen molar-refractivity contribution in [2.24, 2.45) is 0 Å². The number of carbonyl (C=O) groups is 2. The van der Waals surface area contributed by atoms with Crippen LogP contribution in [-0.4, -0.2) is 40.7 Å². The lowest BCUT2D eigenvalue weighted by molar-refractivity contribution is -0.163. The molecular formula is C22H25ClN2O2. The predicted molar refractivity (Wildman–Crippen MR) is 108 cm³/mol. The standard InChI is InChI=1S/C22H25ClN2O2/c1-16-5-4-6-18(13-16)14-20(26)25-12-11-22(25,2)21(27)24(3)15-17-7-9-19(23)10-8-17/h4-10,13H,11-12,14-15H2,1-3H3. The summed E-state index contributed by atoms with van der Waals surface area (Å²) in [4.78, 5) is 29.2. The van der Waals surface area contributed by atoms with E-state index in [9.17, 15) is 9.59 Å². The van der Waals surface area contributed by atoms with Crippen LogP contribution >= 0.6 is 11.6 Å². The van der Waals surface area contributed by atoms with Crippen molar-refractivity contribution in [2.45, 2.75) is 38.8 Å². The third kappa shape index (κ3) is 4.16. The van der Waals surface area contributed by atoms with Crippen molar-refractivity contribution in [1.82, 2.24) is 9.80 Å². The molecule has 27 heavy (non-hydrogen) atoms. The highest BCUT2D eigenvalue weighted by atomic mass is 35.5. The fourth-order valence-electron chi connectivity index (χ4n) is 3.62. The zero-order valence-electron chi connectivity index (χ0n) is 16.0. The summed E-state index contributed by atoms with van der Waals surface area (Å²) >= 11 is 5.92. The van der Waals surface area contributed by atoms with Crippen LogP contribution in [-0.2, 0) is 22.6 Å². The number of hydrogen-bond donors (Lipinski definition) is 0. The van der Waals surface area contributed by atoms with E-state index in [2.05, 4.69) is 0 Å². The third-order valence-corrected chi connectivity index (χ3v) is 5.55. The topological polar surface area (TPSA) is 40.6 Å². The molecule has 0 radical (unpaired) electrons. The Hall–Kier alpha value is -2.33. The number of rotatable bonds is 5. The summed E-state index contributed by atoms with van der Waals surface area (Å²) in [5.41, 5.74) is 2.36. The van der Waals surface area contributed by atoms with E-state index in [0.717, 1.165) is 16.7 Å². The number of nitrogens with zero attached hydrogens (tertiary/aromatic N) is 2. The van der Waals surface area contributed by atoms with Gasteiger partial charge in [-0.1, -0.05) is 53.6 Å². The van der Waals surface area contributed by atoms with E-state index in [-0.39, 0.29) is 11.8 Å². The van der Waals surface area contributed by atoms with Gasteiger partial charge in [0.25, 0.3) is 0 Å². The summed E-state index contributed by atoms with van der Waals surface area (Å²) in [6.07, 6.45) is 1.02. The maximum atomic E-state index is 13.0. The molecule has 2 aromatic rings. The minimum atomic E-state index is -0.762. The van der Waals surface area contributed by atoms with Gasteiger partial charge in [-0.25, -0.2) is 0 Å². The van der Waals surface area contributed by atoms with E-state index in [1.165, 1.54) is 0 Å². The minimum Gasteiger partial charge on any atom is -0.339 e. The van der Waals surface area contributed by atoms with Crippen LogP contribution in [0.25, 0.3) is 0 Å². The van der Waals surface area contributed by atoms with Crippen LogP contribution < -0.4 is 0 Å². The molecule has 3 rings (SSSR count). The monoisotopic (exact) mass is 384 g/mol. The smallest absolute Gasteiger partial charge is 0.248 e. The number of halogens is 1. The van der Waals surface area contributed by atoms with Gasteiger partial charge in [-0.2, -0.15) is 0 Å². The molecule has 4 nitrogen and oxygen atoms in total. The molecule has 0 bridgehead atoms. The highest BCUT2D eigenvalue weighted by molar-refractivity contribution is 6.30. The number of hydrogen-bond acceptors (Lipinski definition) is 2. The molecule has 5 heteroatoms. The van der Waals surface area contributed by atoms with E-state index < -0.39 is 5.54 Å². The van der Waals surface area contributed by atoms with Gasteiger partial charge in [0.2, 0.25) is 11.8 Å². The first kappa shape index (κ1) is 19.4. The molecule has 1 aliphatic rings. The Morgan fingerprint density at radius 1 is 1.15 bits per heavy atom. The fraction of sp³-hybridized carbons (Fsp3) is 0.364. The van der Waals surface area contributed by atoms with Crippen LogP contribution in [0.2, 0.25) is 5.02 Å². The quantitative estimate of drug-likeness (QED) is 0.785. The van der Waals surface area contributed by atoms with E-state index >= 15 is 0 Å². The molecule has 1 saturated heterocycles. The second-order valence-corrected chi connectivity index (χ2v) is 7.96. The van der Waals surface area contributed by atoms with Crippen molar-refractivity contribution in [1.29, 1.82) is 0 Å². The largest absolute Gasteiger partial charge is 0.339 e. The molecule has 2 aromatic carbocycles. The minimum absolute atomic E-state index is 0.00240. The molecule has 1 aliphatic heterocycles. The Labute approximate surface area is 165 Å². The number of amides is 2.